The third-order valence-corrected chi connectivity index (χ3v) is 7.94. The first kappa shape index (κ1) is 28.5. The molecule has 0 amide bonds. The Kier molecular flexibility index (Phi) is 8.30. The molecule has 0 aliphatic heterocycles. The minimum atomic E-state index is -0.0572. The van der Waals surface area contributed by atoms with Crippen LogP contribution in [0.1, 0.15) is 50.2 Å². The summed E-state index contributed by atoms with van der Waals surface area (Å²) in [6, 6.07) is 33.2. The molecule has 0 saturated carbocycles. The van der Waals surface area contributed by atoms with Gasteiger partial charge in [-0.3, -0.25) is 4.98 Å². The van der Waals surface area contributed by atoms with Gasteiger partial charge < -0.3 is 9.97 Å². The van der Waals surface area contributed by atoms with Gasteiger partial charge in [-0.2, -0.15) is 0 Å². The van der Waals surface area contributed by atoms with Gasteiger partial charge in [0.05, 0.1) is 5.69 Å². The van der Waals surface area contributed by atoms with Crippen LogP contribution in [0.15, 0.2) is 91.3 Å². The topological polar surface area (TPSA) is 38.7 Å². The van der Waals surface area contributed by atoms with Gasteiger partial charge in [0.2, 0.25) is 0 Å². The van der Waals surface area contributed by atoms with Crippen molar-refractivity contribution in [3.63, 3.8) is 0 Å². The van der Waals surface area contributed by atoms with E-state index in [2.05, 4.69) is 94.0 Å². The van der Waals surface area contributed by atoms with Gasteiger partial charge >= 0.3 is 0 Å². The number of rotatable bonds is 2. The molecule has 3 nitrogen and oxygen atoms in total. The van der Waals surface area contributed by atoms with E-state index >= 15 is 0 Å². The van der Waals surface area contributed by atoms with E-state index in [1.54, 1.807) is 6.20 Å². The molecule has 2 aromatic carbocycles. The van der Waals surface area contributed by atoms with E-state index in [-0.39, 0.29) is 30.9 Å². The van der Waals surface area contributed by atoms with E-state index in [1.807, 2.05) is 54.7 Å². The van der Waals surface area contributed by atoms with Crippen molar-refractivity contribution in [3.05, 3.63) is 126 Å². The SMILES string of the molecule is Cc1ccnc(-c2[c-]cc3c(c2)-c2ccc(C)nc2C(C)(C)C3(C)C)c1.[Ir].[c-]1ccccc1-c1ccccn1. The number of aryl methyl sites for hydroxylation is 2. The summed E-state index contributed by atoms with van der Waals surface area (Å²) in [5, 5.41) is 0. The standard InChI is InChI=1S/C24H25N2.C11H8N.Ir/c1-15-11-12-25-21(13-15)17-8-10-20-19(14-17)18-9-7-16(2)26-22(18)24(5,6)23(20,3)4;1-2-6-10(7-3-1)11-8-4-5-9-12-11;/h7,9-14H,1-6H3;1-6,8-9H;/q2*-1;. The van der Waals surface area contributed by atoms with Crippen LogP contribution in [0, 0.1) is 26.0 Å². The average Bonchev–Trinajstić information content (AvgIpc) is 2.93. The maximum absolute atomic E-state index is 4.95. The molecular formula is C35H33IrN3-2. The Labute approximate surface area is 246 Å². The van der Waals surface area contributed by atoms with Gasteiger partial charge in [0.1, 0.15) is 0 Å². The van der Waals surface area contributed by atoms with Crippen LogP contribution >= 0.6 is 0 Å². The minimum absolute atomic E-state index is 0. The molecule has 3 aromatic heterocycles. The van der Waals surface area contributed by atoms with Crippen molar-refractivity contribution in [2.45, 2.75) is 52.4 Å². The monoisotopic (exact) mass is 688 g/mol. The van der Waals surface area contributed by atoms with Crippen LogP contribution < -0.4 is 0 Å². The maximum atomic E-state index is 4.95. The van der Waals surface area contributed by atoms with Gasteiger partial charge in [-0.15, -0.1) is 65.2 Å². The number of hydrogen-bond acceptors (Lipinski definition) is 3. The van der Waals surface area contributed by atoms with Crippen molar-refractivity contribution < 1.29 is 20.1 Å². The first-order valence-electron chi connectivity index (χ1n) is 13.0. The number of fused-ring (bicyclic) bond motifs is 3. The Bertz CT molecular complexity index is 1540. The van der Waals surface area contributed by atoms with Crippen LogP contribution in [0.3, 0.4) is 0 Å². The van der Waals surface area contributed by atoms with E-state index in [0.29, 0.717) is 0 Å². The van der Waals surface area contributed by atoms with Gasteiger partial charge in [-0.05, 0) is 54.4 Å². The summed E-state index contributed by atoms with van der Waals surface area (Å²) >= 11 is 0. The normalized spacial score (nSPS) is 14.1. The predicted octanol–water partition coefficient (Wildman–Crippen LogP) is 8.34. The van der Waals surface area contributed by atoms with Gasteiger partial charge in [-0.25, -0.2) is 0 Å². The fourth-order valence-electron chi connectivity index (χ4n) is 5.02. The van der Waals surface area contributed by atoms with E-state index in [4.69, 9.17) is 4.98 Å². The van der Waals surface area contributed by atoms with Crippen molar-refractivity contribution in [3.8, 4) is 33.6 Å². The molecule has 0 bridgehead atoms. The van der Waals surface area contributed by atoms with E-state index in [9.17, 15) is 0 Å². The molecule has 1 aliphatic rings. The summed E-state index contributed by atoms with van der Waals surface area (Å²) in [5.41, 5.74) is 11.2. The zero-order chi connectivity index (χ0) is 26.9. The molecule has 0 fully saturated rings. The molecule has 1 radical (unpaired) electrons. The van der Waals surface area contributed by atoms with Crippen molar-refractivity contribution >= 4 is 0 Å². The van der Waals surface area contributed by atoms with Crippen LogP contribution in [0.5, 0.6) is 0 Å². The van der Waals surface area contributed by atoms with Crippen molar-refractivity contribution in [2.24, 2.45) is 0 Å². The quantitative estimate of drug-likeness (QED) is 0.175. The molecule has 0 atom stereocenters. The Morgan fingerprint density at radius 2 is 1.44 bits per heavy atom. The van der Waals surface area contributed by atoms with E-state index in [0.717, 1.165) is 28.2 Å². The van der Waals surface area contributed by atoms with E-state index in [1.165, 1.54) is 27.9 Å². The largest absolute Gasteiger partial charge is 0.305 e. The number of nitrogens with zero attached hydrogens (tertiary/aromatic N) is 3. The molecule has 39 heavy (non-hydrogen) atoms. The summed E-state index contributed by atoms with van der Waals surface area (Å²) < 4.78 is 0. The number of pyridine rings is 3. The zero-order valence-electron chi connectivity index (χ0n) is 23.3. The fraction of sp³-hybridized carbons (Fsp3) is 0.229. The van der Waals surface area contributed by atoms with Gasteiger partial charge in [0.15, 0.2) is 0 Å². The molecule has 0 saturated heterocycles. The number of aromatic nitrogens is 3. The number of hydrogen-bond donors (Lipinski definition) is 0. The molecule has 1 aliphatic carbocycles. The van der Waals surface area contributed by atoms with Crippen LogP contribution in [-0.2, 0) is 30.9 Å². The average molecular weight is 688 g/mol. The van der Waals surface area contributed by atoms with Crippen molar-refractivity contribution in [1.29, 1.82) is 0 Å². The van der Waals surface area contributed by atoms with Crippen LogP contribution in [0.2, 0.25) is 0 Å². The second-order valence-corrected chi connectivity index (χ2v) is 11.0. The summed E-state index contributed by atoms with van der Waals surface area (Å²) in [6.45, 7) is 13.4. The molecule has 199 valence electrons. The fourth-order valence-corrected chi connectivity index (χ4v) is 5.02. The molecule has 4 heteroatoms. The van der Waals surface area contributed by atoms with Gasteiger partial charge in [0, 0.05) is 43.6 Å². The molecule has 3 heterocycles. The summed E-state index contributed by atoms with van der Waals surface area (Å²) in [6.07, 6.45) is 3.65. The summed E-state index contributed by atoms with van der Waals surface area (Å²) in [5.74, 6) is 0. The van der Waals surface area contributed by atoms with Crippen LogP contribution in [-0.4, -0.2) is 15.0 Å². The van der Waals surface area contributed by atoms with Crippen molar-refractivity contribution in [2.75, 3.05) is 0 Å². The Balaban J connectivity index is 0.000000228. The second-order valence-electron chi connectivity index (χ2n) is 11.0. The Morgan fingerprint density at radius 3 is 2.13 bits per heavy atom. The summed E-state index contributed by atoms with van der Waals surface area (Å²) in [4.78, 5) is 13.7. The maximum Gasteiger partial charge on any atom is 0.0526 e. The first-order valence-corrected chi connectivity index (χ1v) is 13.0. The molecule has 0 unspecified atom stereocenters. The molecule has 6 rings (SSSR count). The third-order valence-electron chi connectivity index (χ3n) is 7.94. The van der Waals surface area contributed by atoms with Crippen molar-refractivity contribution in [1.82, 2.24) is 15.0 Å². The predicted molar refractivity (Wildman–Crippen MR) is 156 cm³/mol. The molecule has 0 spiro atoms. The first-order chi connectivity index (χ1) is 18.2. The smallest absolute Gasteiger partial charge is 0.0526 e. The molecular weight excluding hydrogens is 655 g/mol. The Hall–Kier alpha value is -3.46. The second kappa shape index (κ2) is 11.3. The Morgan fingerprint density at radius 1 is 0.667 bits per heavy atom. The van der Waals surface area contributed by atoms with Gasteiger partial charge in [0.25, 0.3) is 0 Å². The van der Waals surface area contributed by atoms with E-state index < -0.39 is 0 Å². The molecule has 0 N–H and O–H groups in total. The van der Waals surface area contributed by atoms with Crippen LogP contribution in [0.4, 0.5) is 0 Å². The van der Waals surface area contributed by atoms with Crippen LogP contribution in [0.25, 0.3) is 33.6 Å². The third kappa shape index (κ3) is 5.50. The minimum Gasteiger partial charge on any atom is -0.305 e. The van der Waals surface area contributed by atoms with Gasteiger partial charge in [-0.1, -0.05) is 63.1 Å². The molecule has 5 aromatic rings. The summed E-state index contributed by atoms with van der Waals surface area (Å²) in [7, 11) is 0. The number of benzene rings is 2. The zero-order valence-corrected chi connectivity index (χ0v) is 25.7.